The zero-order chi connectivity index (χ0) is 45.8. The predicted molar refractivity (Wildman–Crippen MR) is 270 cm³/mol. The van der Waals surface area contributed by atoms with E-state index in [-0.39, 0.29) is 31.1 Å². The molecule has 0 heterocycles. The third-order valence-electron chi connectivity index (χ3n) is 12.8. The molecule has 372 valence electrons. The Morgan fingerprint density at radius 1 is 0.302 bits per heavy atom. The smallest absolute Gasteiger partial charge is 0.306 e. The van der Waals surface area contributed by atoms with Crippen LogP contribution in [0.2, 0.25) is 0 Å². The van der Waals surface area contributed by atoms with E-state index in [1.807, 2.05) is 0 Å². The Kier molecular flexibility index (Phi) is 51.2. The summed E-state index contributed by atoms with van der Waals surface area (Å²) >= 11 is 0. The first-order valence-electron chi connectivity index (χ1n) is 28.2. The molecule has 1 unspecified atom stereocenters. The Balaban J connectivity index is 4.31. The van der Waals surface area contributed by atoms with Crippen molar-refractivity contribution in [3.63, 3.8) is 0 Å². The van der Waals surface area contributed by atoms with E-state index < -0.39 is 6.10 Å². The van der Waals surface area contributed by atoms with E-state index in [9.17, 15) is 14.4 Å². The lowest BCUT2D eigenvalue weighted by Gasteiger charge is -2.18. The van der Waals surface area contributed by atoms with Gasteiger partial charge >= 0.3 is 17.9 Å². The van der Waals surface area contributed by atoms with Crippen molar-refractivity contribution in [3.8, 4) is 0 Å². The van der Waals surface area contributed by atoms with Gasteiger partial charge in [-0.3, -0.25) is 14.4 Å². The molecule has 0 bridgehead atoms. The van der Waals surface area contributed by atoms with Gasteiger partial charge in [0.1, 0.15) is 13.2 Å². The molecule has 0 saturated heterocycles. The normalized spacial score (nSPS) is 12.0. The predicted octanol–water partition coefficient (Wildman–Crippen LogP) is 18.5. The summed E-state index contributed by atoms with van der Waals surface area (Å²) < 4.78 is 16.9. The molecule has 0 N–H and O–H groups in total. The summed E-state index contributed by atoms with van der Waals surface area (Å²) in [5, 5.41) is 0. The highest BCUT2D eigenvalue weighted by Crippen LogP contribution is 2.17. The van der Waals surface area contributed by atoms with Crippen LogP contribution in [0.1, 0.15) is 316 Å². The molecule has 0 amide bonds. The molecule has 0 aliphatic rings. The molecule has 0 fully saturated rings. The number of carbonyl (C=O) groups is 3. The van der Waals surface area contributed by atoms with Crippen LogP contribution >= 0.6 is 0 Å². The van der Waals surface area contributed by atoms with Gasteiger partial charge in [0.05, 0.1) is 0 Å². The molecular weight excluding hydrogens is 781 g/mol. The molecule has 63 heavy (non-hydrogen) atoms. The second-order valence-electron chi connectivity index (χ2n) is 19.2. The van der Waals surface area contributed by atoms with Crippen molar-refractivity contribution in [2.45, 2.75) is 322 Å². The molecule has 1 atom stereocenters. The highest BCUT2D eigenvalue weighted by Gasteiger charge is 2.19. The van der Waals surface area contributed by atoms with Crippen LogP contribution in [0.5, 0.6) is 0 Å². The molecule has 0 aromatic carbocycles. The van der Waals surface area contributed by atoms with Gasteiger partial charge in [-0.2, -0.15) is 0 Å². The van der Waals surface area contributed by atoms with Crippen molar-refractivity contribution >= 4 is 17.9 Å². The number of ether oxygens (including phenoxy) is 3. The molecule has 0 aliphatic carbocycles. The summed E-state index contributed by atoms with van der Waals surface area (Å²) in [6.07, 6.45) is 59.1. The number of esters is 3. The number of carbonyl (C=O) groups excluding carboxylic acids is 3. The molecule has 0 aromatic heterocycles. The fourth-order valence-corrected chi connectivity index (χ4v) is 8.50. The third-order valence-corrected chi connectivity index (χ3v) is 12.8. The average Bonchev–Trinajstić information content (AvgIpc) is 3.28. The summed E-state index contributed by atoms with van der Waals surface area (Å²) in [5.74, 6) is -0.853. The molecular formula is C57H108O6. The molecule has 0 rings (SSSR count). The van der Waals surface area contributed by atoms with Gasteiger partial charge in [0.2, 0.25) is 0 Å². The lowest BCUT2D eigenvalue weighted by Crippen LogP contribution is -2.30. The van der Waals surface area contributed by atoms with Crippen LogP contribution in [0.4, 0.5) is 0 Å². The summed E-state index contributed by atoms with van der Waals surface area (Å²) in [6, 6.07) is 0. The topological polar surface area (TPSA) is 78.9 Å². The lowest BCUT2D eigenvalue weighted by molar-refractivity contribution is -0.167. The van der Waals surface area contributed by atoms with Gasteiger partial charge < -0.3 is 14.2 Å². The van der Waals surface area contributed by atoms with E-state index in [0.29, 0.717) is 19.3 Å². The Morgan fingerprint density at radius 2 is 0.524 bits per heavy atom. The molecule has 0 saturated carbocycles. The molecule has 6 heteroatoms. The Hall–Kier alpha value is -1.85. The summed E-state index contributed by atoms with van der Waals surface area (Å²) in [5.41, 5.74) is 0. The van der Waals surface area contributed by atoms with E-state index in [0.717, 1.165) is 64.2 Å². The number of allylic oxidation sites excluding steroid dienone is 2. The van der Waals surface area contributed by atoms with Crippen molar-refractivity contribution < 1.29 is 28.6 Å². The van der Waals surface area contributed by atoms with Gasteiger partial charge in [0.25, 0.3) is 0 Å². The average molecular weight is 889 g/mol. The van der Waals surface area contributed by atoms with Crippen LogP contribution in [-0.2, 0) is 28.6 Å². The maximum absolute atomic E-state index is 12.8. The van der Waals surface area contributed by atoms with Crippen LogP contribution in [0.15, 0.2) is 12.2 Å². The fraction of sp³-hybridized carbons (Fsp3) is 0.912. The minimum atomic E-state index is -0.767. The van der Waals surface area contributed by atoms with Gasteiger partial charge in [-0.1, -0.05) is 264 Å². The molecule has 0 aliphatic heterocycles. The lowest BCUT2D eigenvalue weighted by atomic mass is 10.0. The van der Waals surface area contributed by atoms with Crippen molar-refractivity contribution in [1.82, 2.24) is 0 Å². The zero-order valence-electron chi connectivity index (χ0n) is 42.6. The number of unbranched alkanes of at least 4 members (excludes halogenated alkanes) is 39. The first-order chi connectivity index (χ1) is 31.0. The van der Waals surface area contributed by atoms with Gasteiger partial charge in [0.15, 0.2) is 6.10 Å². The van der Waals surface area contributed by atoms with E-state index in [2.05, 4.69) is 32.9 Å². The van der Waals surface area contributed by atoms with Crippen molar-refractivity contribution in [2.75, 3.05) is 13.2 Å². The maximum atomic E-state index is 12.8. The molecule has 0 aromatic rings. The summed E-state index contributed by atoms with van der Waals surface area (Å²) in [7, 11) is 0. The Labute approximate surface area is 392 Å². The molecule has 6 nitrogen and oxygen atoms in total. The van der Waals surface area contributed by atoms with E-state index in [1.165, 1.54) is 212 Å². The second-order valence-corrected chi connectivity index (χ2v) is 19.2. The highest BCUT2D eigenvalue weighted by molar-refractivity contribution is 5.71. The van der Waals surface area contributed by atoms with Crippen LogP contribution in [0, 0.1) is 0 Å². The first-order valence-corrected chi connectivity index (χ1v) is 28.2. The summed E-state index contributed by atoms with van der Waals surface area (Å²) in [4.78, 5) is 38.1. The first kappa shape index (κ1) is 61.1. The van der Waals surface area contributed by atoms with E-state index >= 15 is 0 Å². The number of hydrogen-bond donors (Lipinski definition) is 0. The molecule has 0 radical (unpaired) electrons. The SMILES string of the molecule is CCCCCCCC/C=C/CCCCCCCC(=O)OCC(COC(=O)CCCCCCCCCCCCCCCCCCC)OC(=O)CCCCCCCCCCCCCCC. The largest absolute Gasteiger partial charge is 0.462 e. The van der Waals surface area contributed by atoms with E-state index in [4.69, 9.17) is 14.2 Å². The molecule has 0 spiro atoms. The van der Waals surface area contributed by atoms with E-state index in [1.54, 1.807) is 0 Å². The maximum Gasteiger partial charge on any atom is 0.306 e. The van der Waals surface area contributed by atoms with Gasteiger partial charge in [-0.15, -0.1) is 0 Å². The third kappa shape index (κ3) is 51.0. The Morgan fingerprint density at radius 3 is 0.794 bits per heavy atom. The monoisotopic (exact) mass is 889 g/mol. The quantitative estimate of drug-likeness (QED) is 0.0262. The Bertz CT molecular complexity index is 978. The standard InChI is InChI=1S/C57H108O6/c1-4-7-10-13-16-19-22-25-27-28-30-33-35-38-41-44-47-50-56(59)62-53-54(63-57(60)51-48-45-42-39-36-31-24-21-18-15-12-9-6-3)52-61-55(58)49-46-43-40-37-34-32-29-26-23-20-17-14-11-8-5-2/h26,29,54H,4-25,27-28,30-53H2,1-3H3/b29-26+. The van der Waals surface area contributed by atoms with Crippen molar-refractivity contribution in [3.05, 3.63) is 12.2 Å². The zero-order valence-corrected chi connectivity index (χ0v) is 42.6. The second kappa shape index (κ2) is 52.8. The highest BCUT2D eigenvalue weighted by atomic mass is 16.6. The van der Waals surface area contributed by atoms with Crippen LogP contribution < -0.4 is 0 Å². The van der Waals surface area contributed by atoms with Gasteiger partial charge in [-0.05, 0) is 44.9 Å². The fourth-order valence-electron chi connectivity index (χ4n) is 8.50. The van der Waals surface area contributed by atoms with Gasteiger partial charge in [-0.25, -0.2) is 0 Å². The minimum Gasteiger partial charge on any atom is -0.462 e. The van der Waals surface area contributed by atoms with Crippen LogP contribution in [-0.4, -0.2) is 37.2 Å². The van der Waals surface area contributed by atoms with Crippen molar-refractivity contribution in [2.24, 2.45) is 0 Å². The van der Waals surface area contributed by atoms with Gasteiger partial charge in [0, 0.05) is 19.3 Å². The minimum absolute atomic E-state index is 0.0666. The summed E-state index contributed by atoms with van der Waals surface area (Å²) in [6.45, 7) is 6.68. The number of hydrogen-bond acceptors (Lipinski definition) is 6. The van der Waals surface area contributed by atoms with Crippen molar-refractivity contribution in [1.29, 1.82) is 0 Å². The number of rotatable bonds is 52. The van der Waals surface area contributed by atoms with Crippen LogP contribution in [0.25, 0.3) is 0 Å². The van der Waals surface area contributed by atoms with Crippen LogP contribution in [0.3, 0.4) is 0 Å².